The van der Waals surface area contributed by atoms with Crippen LogP contribution >= 0.6 is 0 Å². The van der Waals surface area contributed by atoms with E-state index in [1.54, 1.807) is 11.1 Å². The van der Waals surface area contributed by atoms with E-state index in [1.807, 2.05) is 0 Å². The maximum absolute atomic E-state index is 2.61. The van der Waals surface area contributed by atoms with Crippen LogP contribution in [0.1, 0.15) is 41.0 Å². The van der Waals surface area contributed by atoms with Crippen molar-refractivity contribution in [3.8, 4) is 0 Å². The van der Waals surface area contributed by atoms with E-state index in [1.165, 1.54) is 6.42 Å². The van der Waals surface area contributed by atoms with Crippen LogP contribution in [0, 0.1) is 11.3 Å². The third-order valence-electron chi connectivity index (χ3n) is 4.81. The lowest BCUT2D eigenvalue weighted by atomic mass is 9.84. The van der Waals surface area contributed by atoms with Gasteiger partial charge in [0.2, 0.25) is 0 Å². The summed E-state index contributed by atoms with van der Waals surface area (Å²) in [6, 6.07) is 0. The van der Waals surface area contributed by atoms with Gasteiger partial charge in [-0.05, 0) is 42.7 Å². The zero-order valence-electron chi connectivity index (χ0n) is 12.6. The van der Waals surface area contributed by atoms with Gasteiger partial charge in [0.25, 0.3) is 0 Å². The maximum atomic E-state index is 2.61. The van der Waals surface area contributed by atoms with Gasteiger partial charge in [-0.2, -0.15) is 0 Å². The molecule has 1 aliphatic carbocycles. The molecule has 1 saturated heterocycles. The first kappa shape index (κ1) is 13.1. The molecule has 3 atom stereocenters. The lowest BCUT2D eigenvalue weighted by Crippen LogP contribution is -2.36. The van der Waals surface area contributed by atoms with Crippen molar-refractivity contribution in [1.82, 2.24) is 0 Å². The van der Waals surface area contributed by atoms with E-state index >= 15 is 0 Å². The molecule has 0 aromatic rings. The van der Waals surface area contributed by atoms with Crippen LogP contribution in [-0.4, -0.2) is 8.07 Å². The predicted molar refractivity (Wildman–Crippen MR) is 80.1 cm³/mol. The molecule has 96 valence electrons. The molecule has 0 nitrogen and oxygen atoms in total. The van der Waals surface area contributed by atoms with E-state index in [-0.39, 0.29) is 0 Å². The summed E-state index contributed by atoms with van der Waals surface area (Å²) >= 11 is 0. The fourth-order valence-corrected chi connectivity index (χ4v) is 8.74. The summed E-state index contributed by atoms with van der Waals surface area (Å²) in [6.07, 6.45) is 6.44. The molecule has 1 heteroatoms. The normalized spacial score (nSPS) is 34.5. The van der Waals surface area contributed by atoms with E-state index < -0.39 is 8.07 Å². The second-order valence-electron chi connectivity index (χ2n) is 8.04. The Hall–Kier alpha value is -0.303. The highest BCUT2D eigenvalue weighted by atomic mass is 28.3. The molecule has 2 bridgehead atoms. The van der Waals surface area contributed by atoms with E-state index in [2.05, 4.69) is 59.9 Å². The van der Waals surface area contributed by atoms with Crippen molar-refractivity contribution in [1.29, 1.82) is 0 Å². The van der Waals surface area contributed by atoms with Crippen LogP contribution in [0.4, 0.5) is 0 Å². The minimum atomic E-state index is -1.13. The van der Waals surface area contributed by atoms with Crippen LogP contribution in [0.2, 0.25) is 24.2 Å². The molecular formula is C16H28Si. The first-order chi connectivity index (χ1) is 7.64. The highest BCUT2D eigenvalue weighted by molar-refractivity contribution is 6.82. The average molecular weight is 248 g/mol. The summed E-state index contributed by atoms with van der Waals surface area (Å²) in [7, 11) is -1.13. The van der Waals surface area contributed by atoms with Gasteiger partial charge >= 0.3 is 0 Å². The Morgan fingerprint density at radius 1 is 1.18 bits per heavy atom. The zero-order chi connectivity index (χ0) is 13.0. The van der Waals surface area contributed by atoms with Crippen molar-refractivity contribution >= 4 is 8.07 Å². The zero-order valence-corrected chi connectivity index (χ0v) is 13.6. The Morgan fingerprint density at radius 3 is 2.18 bits per heavy atom. The molecule has 17 heavy (non-hydrogen) atoms. The largest absolute Gasteiger partial charge is 0.0834 e. The Kier molecular flexibility index (Phi) is 2.97. The van der Waals surface area contributed by atoms with Gasteiger partial charge in [-0.25, -0.2) is 0 Å². The van der Waals surface area contributed by atoms with Crippen molar-refractivity contribution in [3.63, 3.8) is 0 Å². The second-order valence-corrected chi connectivity index (χ2v) is 13.0. The first-order valence-corrected chi connectivity index (χ1v) is 10.2. The monoisotopic (exact) mass is 248 g/mol. The SMILES string of the molecule is CC(C)=C1[C@H]2C=C[C@@H]1[C@@H](CC(C)(C)C)[Si]2(C)C. The third kappa shape index (κ3) is 2.07. The summed E-state index contributed by atoms with van der Waals surface area (Å²) in [6.45, 7) is 17.0. The minimum absolute atomic E-state index is 0.472. The summed E-state index contributed by atoms with van der Waals surface area (Å²) < 4.78 is 0. The van der Waals surface area contributed by atoms with E-state index in [9.17, 15) is 0 Å². The Labute approximate surface area is 108 Å². The average Bonchev–Trinajstić information content (AvgIpc) is 2.61. The van der Waals surface area contributed by atoms with Gasteiger partial charge < -0.3 is 0 Å². The van der Waals surface area contributed by atoms with Gasteiger partial charge in [0.05, 0.1) is 8.07 Å². The van der Waals surface area contributed by atoms with Gasteiger partial charge in [-0.1, -0.05) is 57.2 Å². The highest BCUT2D eigenvalue weighted by Crippen LogP contribution is 2.63. The standard InChI is InChI=1S/C16H28Si/c1-11(2)15-12-8-9-13(15)17(6,7)14(12)10-16(3,4)5/h8-9,12-14H,10H2,1-7H3/t12-,13-,14-/m1/s1. The molecular weight excluding hydrogens is 220 g/mol. The van der Waals surface area contributed by atoms with Crippen LogP contribution < -0.4 is 0 Å². The number of allylic oxidation sites excluding steroid dienone is 4. The molecule has 1 fully saturated rings. The molecule has 0 amide bonds. The molecule has 0 N–H and O–H groups in total. The second kappa shape index (κ2) is 3.84. The molecule has 0 unspecified atom stereocenters. The third-order valence-corrected chi connectivity index (χ3v) is 9.39. The topological polar surface area (TPSA) is 0 Å². The summed E-state index contributed by atoms with van der Waals surface area (Å²) in [5, 5.41) is 0. The summed E-state index contributed by atoms with van der Waals surface area (Å²) in [5.41, 5.74) is 5.64. The van der Waals surface area contributed by atoms with E-state index in [0.717, 1.165) is 17.0 Å². The van der Waals surface area contributed by atoms with E-state index in [0.29, 0.717) is 5.41 Å². The number of hydrogen-bond donors (Lipinski definition) is 0. The molecule has 0 aromatic heterocycles. The molecule has 1 aliphatic heterocycles. The van der Waals surface area contributed by atoms with Gasteiger partial charge in [-0.15, -0.1) is 0 Å². The van der Waals surface area contributed by atoms with E-state index in [4.69, 9.17) is 0 Å². The molecule has 2 aliphatic rings. The summed E-state index contributed by atoms with van der Waals surface area (Å²) in [5.74, 6) is 0.783. The smallest absolute Gasteiger partial charge is 0.0631 e. The van der Waals surface area contributed by atoms with Crippen LogP contribution in [-0.2, 0) is 0 Å². The Bertz CT molecular complexity index is 375. The van der Waals surface area contributed by atoms with Crippen molar-refractivity contribution < 1.29 is 0 Å². The maximum Gasteiger partial charge on any atom is 0.0631 e. The van der Waals surface area contributed by atoms with Crippen molar-refractivity contribution in [2.45, 2.75) is 65.2 Å². The number of fused-ring (bicyclic) bond motifs is 2. The van der Waals surface area contributed by atoms with Crippen molar-refractivity contribution in [2.75, 3.05) is 0 Å². The highest BCUT2D eigenvalue weighted by Gasteiger charge is 2.55. The molecule has 1 heterocycles. The quantitative estimate of drug-likeness (QED) is 0.430. The lowest BCUT2D eigenvalue weighted by molar-refractivity contribution is 0.351. The van der Waals surface area contributed by atoms with Crippen molar-refractivity contribution in [3.05, 3.63) is 23.3 Å². The molecule has 0 aromatic carbocycles. The first-order valence-electron chi connectivity index (χ1n) is 7.00. The fourth-order valence-electron chi connectivity index (χ4n) is 4.03. The van der Waals surface area contributed by atoms with Crippen LogP contribution in [0.5, 0.6) is 0 Å². The van der Waals surface area contributed by atoms with Gasteiger partial charge in [0.1, 0.15) is 0 Å². The molecule has 2 rings (SSSR count). The molecule has 0 saturated carbocycles. The minimum Gasteiger partial charge on any atom is -0.0834 e. The number of rotatable bonds is 1. The van der Waals surface area contributed by atoms with Crippen LogP contribution in [0.3, 0.4) is 0 Å². The Balaban J connectivity index is 2.37. The van der Waals surface area contributed by atoms with Gasteiger partial charge in [-0.3, -0.25) is 0 Å². The van der Waals surface area contributed by atoms with Gasteiger partial charge in [0, 0.05) is 0 Å². The van der Waals surface area contributed by atoms with Gasteiger partial charge in [0.15, 0.2) is 0 Å². The fraction of sp³-hybridized carbons (Fsp3) is 0.750. The number of hydrogen-bond acceptors (Lipinski definition) is 0. The molecule has 0 radical (unpaired) electrons. The van der Waals surface area contributed by atoms with Crippen LogP contribution in [0.15, 0.2) is 23.3 Å². The Morgan fingerprint density at radius 2 is 1.76 bits per heavy atom. The molecule has 0 spiro atoms. The summed E-state index contributed by atoms with van der Waals surface area (Å²) in [4.78, 5) is 0. The predicted octanol–water partition coefficient (Wildman–Crippen LogP) is 5.41. The van der Waals surface area contributed by atoms with Crippen molar-refractivity contribution in [2.24, 2.45) is 11.3 Å². The van der Waals surface area contributed by atoms with Crippen LogP contribution in [0.25, 0.3) is 0 Å². The lowest BCUT2D eigenvalue weighted by Gasteiger charge is -2.37.